The summed E-state index contributed by atoms with van der Waals surface area (Å²) in [7, 11) is 1.58. The van der Waals surface area contributed by atoms with E-state index in [1.807, 2.05) is 99.6 Å². The molecular formula is C45H76N2O13. The lowest BCUT2D eigenvalue weighted by molar-refractivity contribution is -0.204. The van der Waals surface area contributed by atoms with Gasteiger partial charge in [0.1, 0.15) is 32.2 Å². The molecule has 1 aromatic carbocycles. The predicted octanol–water partition coefficient (Wildman–Crippen LogP) is 6.98. The Kier molecular flexibility index (Phi) is 26.5. The molecule has 2 amide bonds. The second-order valence-electron chi connectivity index (χ2n) is 16.9. The Hall–Kier alpha value is -4.08. The monoisotopic (exact) mass is 853 g/mol. The molecule has 1 aromatic rings. The maximum absolute atomic E-state index is 11.7. The molecule has 0 bridgehead atoms. The van der Waals surface area contributed by atoms with Gasteiger partial charge in [0.25, 0.3) is 11.8 Å². The highest BCUT2D eigenvalue weighted by Gasteiger charge is 2.37. The summed E-state index contributed by atoms with van der Waals surface area (Å²) < 4.78 is 30.8. The number of nitrogens with zero attached hydrogens (tertiary/aromatic N) is 2. The third kappa shape index (κ3) is 22.0. The maximum atomic E-state index is 11.7. The van der Waals surface area contributed by atoms with Crippen LogP contribution in [0.3, 0.4) is 0 Å². The quantitative estimate of drug-likeness (QED) is 0.0603. The molecule has 15 nitrogen and oxygen atoms in total. The number of methoxy groups -OCH3 is 1. The first-order chi connectivity index (χ1) is 28.0. The Morgan fingerprint density at radius 3 is 1.40 bits per heavy atom. The van der Waals surface area contributed by atoms with Gasteiger partial charge in [0.15, 0.2) is 0 Å². The van der Waals surface area contributed by atoms with Crippen molar-refractivity contribution in [3.63, 3.8) is 0 Å². The van der Waals surface area contributed by atoms with Gasteiger partial charge in [-0.3, -0.25) is 28.9 Å². The van der Waals surface area contributed by atoms with Crippen LogP contribution in [0.2, 0.25) is 0 Å². The number of carbonyl (C=O) groups excluding carboxylic acids is 6. The van der Waals surface area contributed by atoms with Crippen LogP contribution < -0.4 is 4.74 Å². The van der Waals surface area contributed by atoms with Crippen molar-refractivity contribution in [2.45, 2.75) is 122 Å². The van der Waals surface area contributed by atoms with Crippen molar-refractivity contribution >= 4 is 35.7 Å². The van der Waals surface area contributed by atoms with Crippen LogP contribution >= 0.6 is 0 Å². The number of ether oxygens (including phenoxy) is 6. The second kappa shape index (κ2) is 28.4. The van der Waals surface area contributed by atoms with Crippen molar-refractivity contribution in [3.8, 4) is 5.75 Å². The first kappa shape index (κ1) is 55.9. The minimum absolute atomic E-state index is 0.0942. The molecule has 0 aromatic heterocycles. The van der Waals surface area contributed by atoms with Crippen LogP contribution in [0.1, 0.15) is 122 Å². The molecule has 344 valence electrons. The van der Waals surface area contributed by atoms with E-state index in [0.717, 1.165) is 57.9 Å². The van der Waals surface area contributed by atoms with Crippen molar-refractivity contribution < 1.29 is 62.0 Å². The first-order valence-corrected chi connectivity index (χ1v) is 21.1. The van der Waals surface area contributed by atoms with Crippen molar-refractivity contribution in [2.24, 2.45) is 21.7 Å². The molecule has 0 aliphatic carbocycles. The minimum Gasteiger partial charge on any atom is -0.490 e. The Bertz CT molecular complexity index is 1420. The lowest BCUT2D eigenvalue weighted by Crippen LogP contribution is -2.39. The van der Waals surface area contributed by atoms with Gasteiger partial charge in [-0.15, -0.1) is 5.06 Å². The summed E-state index contributed by atoms with van der Waals surface area (Å²) in [4.78, 5) is 75.5. The number of esters is 3. The largest absolute Gasteiger partial charge is 0.490 e. The normalized spacial score (nSPS) is 14.6. The zero-order valence-electron chi connectivity index (χ0n) is 38.9. The molecule has 2 saturated heterocycles. The Balaban J connectivity index is 0.000000780. The molecule has 0 radical (unpaired) electrons. The fourth-order valence-corrected chi connectivity index (χ4v) is 4.15. The Morgan fingerprint density at radius 1 is 0.583 bits per heavy atom. The highest BCUT2D eigenvalue weighted by molar-refractivity contribution is 6.01. The molecule has 15 heteroatoms. The predicted molar refractivity (Wildman–Crippen MR) is 227 cm³/mol. The summed E-state index contributed by atoms with van der Waals surface area (Å²) in [6.07, 6.45) is 3.20. The van der Waals surface area contributed by atoms with Crippen LogP contribution in [-0.2, 0) is 57.3 Å². The lowest BCUT2D eigenvalue weighted by Gasteiger charge is -2.27. The van der Waals surface area contributed by atoms with E-state index in [0.29, 0.717) is 37.9 Å². The molecule has 0 unspecified atom stereocenters. The van der Waals surface area contributed by atoms with Gasteiger partial charge >= 0.3 is 23.9 Å². The number of para-hydroxylation sites is 1. The zero-order chi connectivity index (χ0) is 46.0. The number of morpholine rings is 1. The molecule has 2 aliphatic heterocycles. The van der Waals surface area contributed by atoms with E-state index >= 15 is 0 Å². The minimum atomic E-state index is -0.677. The summed E-state index contributed by atoms with van der Waals surface area (Å²) in [5, 5.41) is 0.583. The van der Waals surface area contributed by atoms with Crippen molar-refractivity contribution in [1.29, 1.82) is 0 Å². The maximum Gasteiger partial charge on any atom is 0.338 e. The fraction of sp³-hybridized carbons (Fsp3) is 0.733. The summed E-state index contributed by atoms with van der Waals surface area (Å²) in [6.45, 7) is 28.8. The first-order valence-electron chi connectivity index (χ1n) is 21.1. The number of imide groups is 1. The number of carbonyl (C=O) groups is 6. The summed E-state index contributed by atoms with van der Waals surface area (Å²) in [6, 6.07) is 9.48. The van der Waals surface area contributed by atoms with Crippen molar-refractivity contribution in [2.75, 3.05) is 73.0 Å². The van der Waals surface area contributed by atoms with E-state index in [2.05, 4.69) is 4.90 Å². The molecule has 0 atom stereocenters. The average molecular weight is 853 g/mol. The molecule has 0 saturated carbocycles. The third-order valence-electron chi connectivity index (χ3n) is 10.5. The van der Waals surface area contributed by atoms with E-state index in [9.17, 15) is 28.8 Å². The van der Waals surface area contributed by atoms with Gasteiger partial charge < -0.3 is 33.3 Å². The summed E-state index contributed by atoms with van der Waals surface area (Å²) in [5.41, 5.74) is -1.81. The zero-order valence-corrected chi connectivity index (χ0v) is 38.9. The molecule has 2 heterocycles. The number of hydroxylamine groups is 2. The van der Waals surface area contributed by atoms with Gasteiger partial charge in [0.05, 0.1) is 41.5 Å². The lowest BCUT2D eigenvalue weighted by atomic mass is 9.91. The second-order valence-corrected chi connectivity index (χ2v) is 16.9. The van der Waals surface area contributed by atoms with Gasteiger partial charge in [-0.05, 0) is 93.2 Å². The SMILES string of the molecule is CCC(C)(C)C(=O)OCCN1CCOCC1.CCC(C)(C)C(=O)OCCOC.CCC(C)(C)C(=O)OCCOc1ccccc1.CCC(C)(C)C(=O)ON1C(=O)CCC1=O. The molecule has 60 heavy (non-hydrogen) atoms. The van der Waals surface area contributed by atoms with Gasteiger partial charge in [0.2, 0.25) is 0 Å². The van der Waals surface area contributed by atoms with E-state index < -0.39 is 28.6 Å². The van der Waals surface area contributed by atoms with E-state index in [-0.39, 0.29) is 48.2 Å². The van der Waals surface area contributed by atoms with Crippen LogP contribution in [0.15, 0.2) is 30.3 Å². The number of rotatable bonds is 19. The summed E-state index contributed by atoms with van der Waals surface area (Å²) in [5.74, 6) is -1.06. The molecular weight excluding hydrogens is 776 g/mol. The van der Waals surface area contributed by atoms with Crippen LogP contribution in [0.25, 0.3) is 0 Å². The summed E-state index contributed by atoms with van der Waals surface area (Å²) >= 11 is 0. The highest BCUT2D eigenvalue weighted by Crippen LogP contribution is 2.25. The van der Waals surface area contributed by atoms with E-state index in [1.165, 1.54) is 0 Å². The van der Waals surface area contributed by atoms with Crippen LogP contribution in [0.4, 0.5) is 0 Å². The van der Waals surface area contributed by atoms with Crippen LogP contribution in [-0.4, -0.2) is 119 Å². The van der Waals surface area contributed by atoms with Gasteiger partial charge in [0, 0.05) is 39.6 Å². The fourth-order valence-electron chi connectivity index (χ4n) is 4.15. The molecule has 0 N–H and O–H groups in total. The number of hydrogen-bond donors (Lipinski definition) is 0. The molecule has 0 spiro atoms. The number of amides is 2. The van der Waals surface area contributed by atoms with E-state index in [1.54, 1.807) is 21.0 Å². The van der Waals surface area contributed by atoms with E-state index in [4.69, 9.17) is 33.3 Å². The van der Waals surface area contributed by atoms with Crippen LogP contribution in [0.5, 0.6) is 5.75 Å². The molecule has 2 aliphatic rings. The average Bonchev–Trinajstić information content (AvgIpc) is 3.55. The third-order valence-corrected chi connectivity index (χ3v) is 10.5. The van der Waals surface area contributed by atoms with Gasteiger partial charge in [-0.1, -0.05) is 45.9 Å². The Labute approximate surface area is 359 Å². The van der Waals surface area contributed by atoms with Gasteiger partial charge in [-0.2, -0.15) is 0 Å². The number of hydrogen-bond acceptors (Lipinski definition) is 14. The van der Waals surface area contributed by atoms with Crippen LogP contribution in [0, 0.1) is 21.7 Å². The smallest absolute Gasteiger partial charge is 0.338 e. The number of benzene rings is 1. The standard InChI is InChI=1S/C14H20O3.C12H23NO3.C10H15NO4.C9H18O3/c1-4-14(2,3)13(15)17-11-10-16-12-8-6-5-7-9-12;1-4-12(2,3)11(14)16-10-7-13-5-8-15-9-6-13;1-4-10(2,3)9(14)15-11-7(12)5-6-8(11)13;1-5-9(2,3)8(10)12-7-6-11-4/h5-9H,4,10-11H2,1-3H3;4-10H2,1-3H3;4-6H2,1-3H3;5-7H2,1-4H3. The van der Waals surface area contributed by atoms with Crippen molar-refractivity contribution in [1.82, 2.24) is 9.96 Å². The molecule has 3 rings (SSSR count). The topological polar surface area (TPSA) is 174 Å². The molecule has 2 fully saturated rings. The highest BCUT2D eigenvalue weighted by atomic mass is 16.7. The van der Waals surface area contributed by atoms with Gasteiger partial charge in [-0.25, -0.2) is 4.79 Å². The Morgan fingerprint density at radius 2 is 0.983 bits per heavy atom. The van der Waals surface area contributed by atoms with Crippen molar-refractivity contribution in [3.05, 3.63) is 30.3 Å².